The molecule has 1 aliphatic rings. The standard InChI is InChI=1S/C26H21ClN2O4S2/c1-2-32-21-12-8-19(9-13-21)28-24(30)16-33-22-5-3-4-17(14-22)15-23-25(31)29(26(34)35-23)20-10-6-18(27)7-11-20/h3-15H,2,16H2,1H3,(H,28,30)/b23-15-. The highest BCUT2D eigenvalue weighted by atomic mass is 35.5. The minimum absolute atomic E-state index is 0.157. The highest BCUT2D eigenvalue weighted by Gasteiger charge is 2.33. The number of halogens is 1. The number of nitrogens with zero attached hydrogens (tertiary/aromatic N) is 1. The fraction of sp³-hybridized carbons (Fsp3) is 0.115. The van der Waals surface area contributed by atoms with Gasteiger partial charge in [-0.3, -0.25) is 14.5 Å². The first kappa shape index (κ1) is 24.8. The molecule has 3 aromatic carbocycles. The van der Waals surface area contributed by atoms with E-state index < -0.39 is 0 Å². The van der Waals surface area contributed by atoms with E-state index in [1.165, 1.54) is 16.7 Å². The monoisotopic (exact) mass is 524 g/mol. The molecule has 1 N–H and O–H groups in total. The van der Waals surface area contributed by atoms with Gasteiger partial charge in [0.1, 0.15) is 11.5 Å². The van der Waals surface area contributed by atoms with Gasteiger partial charge in [0.15, 0.2) is 10.9 Å². The number of nitrogens with one attached hydrogen (secondary N) is 1. The number of carbonyl (C=O) groups excluding carboxylic acids is 2. The second-order valence-corrected chi connectivity index (χ2v) is 9.47. The molecule has 178 valence electrons. The first-order valence-corrected chi connectivity index (χ1v) is 12.3. The van der Waals surface area contributed by atoms with Gasteiger partial charge in [0.05, 0.1) is 17.2 Å². The molecule has 0 unspecified atom stereocenters. The zero-order chi connectivity index (χ0) is 24.8. The predicted molar refractivity (Wildman–Crippen MR) is 145 cm³/mol. The van der Waals surface area contributed by atoms with E-state index >= 15 is 0 Å². The molecule has 1 saturated heterocycles. The van der Waals surface area contributed by atoms with Crippen molar-refractivity contribution < 1.29 is 19.1 Å². The molecule has 4 rings (SSSR count). The van der Waals surface area contributed by atoms with E-state index in [2.05, 4.69) is 5.32 Å². The summed E-state index contributed by atoms with van der Waals surface area (Å²) in [5, 5.41) is 3.36. The van der Waals surface area contributed by atoms with Crippen LogP contribution in [-0.4, -0.2) is 29.3 Å². The fourth-order valence-corrected chi connectivity index (χ4v) is 4.70. The van der Waals surface area contributed by atoms with Gasteiger partial charge in [-0.2, -0.15) is 0 Å². The molecule has 6 nitrogen and oxygen atoms in total. The maximum Gasteiger partial charge on any atom is 0.270 e. The van der Waals surface area contributed by atoms with E-state index in [4.69, 9.17) is 33.3 Å². The van der Waals surface area contributed by atoms with Crippen molar-refractivity contribution in [1.29, 1.82) is 0 Å². The van der Waals surface area contributed by atoms with Crippen molar-refractivity contribution in [2.24, 2.45) is 0 Å². The quantitative estimate of drug-likeness (QED) is 0.281. The van der Waals surface area contributed by atoms with Crippen LogP contribution in [0.5, 0.6) is 11.5 Å². The van der Waals surface area contributed by atoms with Crippen LogP contribution in [0, 0.1) is 0 Å². The maximum atomic E-state index is 13.0. The van der Waals surface area contributed by atoms with Gasteiger partial charge in [-0.05, 0) is 79.2 Å². The lowest BCUT2D eigenvalue weighted by Gasteiger charge is -2.14. The van der Waals surface area contributed by atoms with Crippen LogP contribution in [0.4, 0.5) is 11.4 Å². The topological polar surface area (TPSA) is 67.9 Å². The number of thioether (sulfide) groups is 1. The molecule has 0 aromatic heterocycles. The third kappa shape index (κ3) is 6.42. The van der Waals surface area contributed by atoms with Crippen molar-refractivity contribution in [3.05, 3.63) is 88.3 Å². The van der Waals surface area contributed by atoms with Crippen LogP contribution in [0.2, 0.25) is 5.02 Å². The lowest BCUT2D eigenvalue weighted by Crippen LogP contribution is -2.27. The molecule has 1 fully saturated rings. The first-order valence-electron chi connectivity index (χ1n) is 10.7. The zero-order valence-corrected chi connectivity index (χ0v) is 21.1. The highest BCUT2D eigenvalue weighted by molar-refractivity contribution is 8.27. The summed E-state index contributed by atoms with van der Waals surface area (Å²) < 4.78 is 11.5. The molecule has 1 aliphatic heterocycles. The van der Waals surface area contributed by atoms with E-state index in [0.29, 0.717) is 38.0 Å². The lowest BCUT2D eigenvalue weighted by atomic mass is 10.2. The van der Waals surface area contributed by atoms with Crippen LogP contribution < -0.4 is 19.7 Å². The summed E-state index contributed by atoms with van der Waals surface area (Å²) >= 11 is 12.6. The Kier molecular flexibility index (Phi) is 8.07. The van der Waals surface area contributed by atoms with E-state index in [1.54, 1.807) is 72.8 Å². The molecule has 1 heterocycles. The van der Waals surface area contributed by atoms with Crippen molar-refractivity contribution in [3.8, 4) is 11.5 Å². The number of hydrogen-bond acceptors (Lipinski definition) is 6. The van der Waals surface area contributed by atoms with Gasteiger partial charge in [-0.1, -0.05) is 47.7 Å². The van der Waals surface area contributed by atoms with Gasteiger partial charge in [-0.15, -0.1) is 0 Å². The average molecular weight is 525 g/mol. The van der Waals surface area contributed by atoms with Gasteiger partial charge >= 0.3 is 0 Å². The van der Waals surface area contributed by atoms with Gasteiger partial charge in [0, 0.05) is 10.7 Å². The summed E-state index contributed by atoms with van der Waals surface area (Å²) in [5.41, 5.74) is 2.07. The van der Waals surface area contributed by atoms with E-state index in [0.717, 1.165) is 11.3 Å². The number of rotatable bonds is 8. The average Bonchev–Trinajstić information content (AvgIpc) is 3.12. The van der Waals surface area contributed by atoms with Crippen molar-refractivity contribution >= 4 is 69.2 Å². The molecule has 0 atom stereocenters. The Labute approximate surface area is 217 Å². The summed E-state index contributed by atoms with van der Waals surface area (Å²) in [6.07, 6.45) is 1.75. The van der Waals surface area contributed by atoms with Crippen LogP contribution in [-0.2, 0) is 9.59 Å². The van der Waals surface area contributed by atoms with Gasteiger partial charge in [0.2, 0.25) is 0 Å². The summed E-state index contributed by atoms with van der Waals surface area (Å²) in [5.74, 6) is 0.754. The second kappa shape index (κ2) is 11.4. The largest absolute Gasteiger partial charge is 0.494 e. The fourth-order valence-electron chi connectivity index (χ4n) is 3.27. The summed E-state index contributed by atoms with van der Waals surface area (Å²) in [6, 6.07) is 21.2. The van der Waals surface area contributed by atoms with Crippen molar-refractivity contribution in [2.75, 3.05) is 23.4 Å². The molecule has 0 radical (unpaired) electrons. The number of carbonyl (C=O) groups is 2. The van der Waals surface area contributed by atoms with Gasteiger partial charge in [0.25, 0.3) is 11.8 Å². The van der Waals surface area contributed by atoms with Gasteiger partial charge in [-0.25, -0.2) is 0 Å². The van der Waals surface area contributed by atoms with Crippen LogP contribution in [0.25, 0.3) is 6.08 Å². The number of amides is 2. The Bertz CT molecular complexity index is 1280. The molecule has 0 bridgehead atoms. The number of ether oxygens (including phenoxy) is 2. The van der Waals surface area contributed by atoms with Crippen molar-refractivity contribution in [2.45, 2.75) is 6.92 Å². The molecule has 0 spiro atoms. The molecule has 9 heteroatoms. The van der Waals surface area contributed by atoms with Crippen molar-refractivity contribution in [1.82, 2.24) is 0 Å². The number of thiocarbonyl (C=S) groups is 1. The normalized spacial score (nSPS) is 14.3. The summed E-state index contributed by atoms with van der Waals surface area (Å²) in [6.45, 7) is 2.33. The van der Waals surface area contributed by atoms with E-state index in [1.807, 2.05) is 13.0 Å². The molecule has 2 amide bonds. The molecule has 0 aliphatic carbocycles. The van der Waals surface area contributed by atoms with E-state index in [9.17, 15) is 9.59 Å². The minimum Gasteiger partial charge on any atom is -0.494 e. The highest BCUT2D eigenvalue weighted by Crippen LogP contribution is 2.36. The smallest absolute Gasteiger partial charge is 0.270 e. The van der Waals surface area contributed by atoms with Crippen LogP contribution in [0.1, 0.15) is 12.5 Å². The maximum absolute atomic E-state index is 13.0. The first-order chi connectivity index (χ1) is 16.9. The lowest BCUT2D eigenvalue weighted by molar-refractivity contribution is -0.118. The Morgan fingerprint density at radius 1 is 1.06 bits per heavy atom. The van der Waals surface area contributed by atoms with Crippen LogP contribution in [0.15, 0.2) is 77.7 Å². The molecule has 35 heavy (non-hydrogen) atoms. The minimum atomic E-state index is -0.289. The predicted octanol–water partition coefficient (Wildman–Crippen LogP) is 6.16. The molecule has 0 saturated carbocycles. The molecular formula is C26H21ClN2O4S2. The zero-order valence-electron chi connectivity index (χ0n) is 18.7. The Balaban J connectivity index is 1.38. The molecule has 3 aromatic rings. The SMILES string of the molecule is CCOc1ccc(NC(=O)COc2cccc(/C=C3\SC(=S)N(c4ccc(Cl)cc4)C3=O)c2)cc1. The summed E-state index contributed by atoms with van der Waals surface area (Å²) in [7, 11) is 0. The second-order valence-electron chi connectivity index (χ2n) is 7.36. The van der Waals surface area contributed by atoms with Gasteiger partial charge < -0.3 is 14.8 Å². The summed E-state index contributed by atoms with van der Waals surface area (Å²) in [4.78, 5) is 27.2. The number of hydrogen-bond donors (Lipinski definition) is 1. The third-order valence-electron chi connectivity index (χ3n) is 4.85. The third-order valence-corrected chi connectivity index (χ3v) is 6.41. The Morgan fingerprint density at radius 2 is 1.80 bits per heavy atom. The Morgan fingerprint density at radius 3 is 2.51 bits per heavy atom. The van der Waals surface area contributed by atoms with Crippen LogP contribution in [0.3, 0.4) is 0 Å². The molecular weight excluding hydrogens is 504 g/mol. The number of anilines is 2. The Hall–Kier alpha value is -3.33. The van der Waals surface area contributed by atoms with E-state index in [-0.39, 0.29) is 18.4 Å². The van der Waals surface area contributed by atoms with Crippen LogP contribution >= 0.6 is 35.6 Å². The van der Waals surface area contributed by atoms with Crippen molar-refractivity contribution in [3.63, 3.8) is 0 Å². The number of benzene rings is 3.